The average molecular weight is 390 g/mol. The highest BCUT2D eigenvalue weighted by Crippen LogP contribution is 2.27. The van der Waals surface area contributed by atoms with Crippen LogP contribution >= 0.6 is 11.3 Å². The highest BCUT2D eigenvalue weighted by molar-refractivity contribution is 7.10. The summed E-state index contributed by atoms with van der Waals surface area (Å²) in [5.74, 6) is -0.137. The van der Waals surface area contributed by atoms with Gasteiger partial charge >= 0.3 is 0 Å². The lowest BCUT2D eigenvalue weighted by molar-refractivity contribution is -0.117. The Morgan fingerprint density at radius 3 is 2.57 bits per heavy atom. The Morgan fingerprint density at radius 2 is 1.93 bits per heavy atom. The average Bonchev–Trinajstić information content (AvgIpc) is 3.26. The second kappa shape index (κ2) is 9.32. The van der Waals surface area contributed by atoms with Crippen LogP contribution in [0.2, 0.25) is 0 Å². The van der Waals surface area contributed by atoms with E-state index < -0.39 is 6.04 Å². The van der Waals surface area contributed by atoms with Gasteiger partial charge < -0.3 is 5.32 Å². The number of nitriles is 1. The van der Waals surface area contributed by atoms with Gasteiger partial charge in [-0.25, -0.2) is 0 Å². The number of nitrogens with zero attached hydrogens (tertiary/aromatic N) is 1. The molecule has 0 aliphatic heterocycles. The molecule has 2 atom stereocenters. The lowest BCUT2D eigenvalue weighted by Crippen LogP contribution is -2.40. The fourth-order valence-corrected chi connectivity index (χ4v) is 3.80. The lowest BCUT2D eigenvalue weighted by atomic mass is 10.0. The number of nitrogens with one attached hydrogen (secondary N) is 2. The van der Waals surface area contributed by atoms with Crippen molar-refractivity contribution in [3.8, 4) is 6.07 Å². The van der Waals surface area contributed by atoms with Crippen molar-refractivity contribution >= 4 is 22.9 Å². The van der Waals surface area contributed by atoms with E-state index in [1.165, 1.54) is 5.56 Å². The molecule has 1 heterocycles. The number of thiophene rings is 1. The molecule has 0 saturated carbocycles. The van der Waals surface area contributed by atoms with Gasteiger partial charge in [0.05, 0.1) is 23.7 Å². The van der Waals surface area contributed by atoms with E-state index >= 15 is 0 Å². The molecule has 2 aromatic carbocycles. The Balaban J connectivity index is 1.76. The van der Waals surface area contributed by atoms with Gasteiger partial charge in [0.2, 0.25) is 5.91 Å². The summed E-state index contributed by atoms with van der Waals surface area (Å²) in [4.78, 5) is 13.9. The molecule has 0 spiro atoms. The minimum Gasteiger partial charge on any atom is -0.325 e. The molecule has 1 aromatic heterocycles. The number of carbonyl (C=O) groups is 1. The van der Waals surface area contributed by atoms with Crippen LogP contribution in [0.3, 0.4) is 0 Å². The van der Waals surface area contributed by atoms with E-state index in [1.54, 1.807) is 35.6 Å². The SMILES string of the molecule is CCc1ccc([C@@H](N[C@@H](C)C(=O)Nc2cccc(C#N)c2)c2cccs2)cc1. The summed E-state index contributed by atoms with van der Waals surface area (Å²) in [6.45, 7) is 3.99. The summed E-state index contributed by atoms with van der Waals surface area (Å²) in [5.41, 5.74) is 3.56. The van der Waals surface area contributed by atoms with Crippen LogP contribution in [0.25, 0.3) is 0 Å². The maximum Gasteiger partial charge on any atom is 0.241 e. The largest absolute Gasteiger partial charge is 0.325 e. The van der Waals surface area contributed by atoms with Gasteiger partial charge in [-0.3, -0.25) is 10.1 Å². The zero-order valence-electron chi connectivity index (χ0n) is 16.0. The van der Waals surface area contributed by atoms with Crippen LogP contribution in [0, 0.1) is 11.3 Å². The van der Waals surface area contributed by atoms with E-state index in [2.05, 4.69) is 54.0 Å². The zero-order chi connectivity index (χ0) is 19.9. The maximum atomic E-state index is 12.7. The van der Waals surface area contributed by atoms with Crippen LogP contribution in [0.15, 0.2) is 66.0 Å². The monoisotopic (exact) mass is 389 g/mol. The van der Waals surface area contributed by atoms with Gasteiger partial charge in [0.1, 0.15) is 0 Å². The van der Waals surface area contributed by atoms with E-state index in [0.717, 1.165) is 16.9 Å². The Bertz CT molecular complexity index is 958. The van der Waals surface area contributed by atoms with Crippen LogP contribution in [0.1, 0.15) is 41.5 Å². The second-order valence-corrected chi connectivity index (χ2v) is 7.59. The summed E-state index contributed by atoms with van der Waals surface area (Å²) in [6, 6.07) is 21.2. The lowest BCUT2D eigenvalue weighted by Gasteiger charge is -2.23. The number of hydrogen-bond donors (Lipinski definition) is 2. The molecule has 0 aliphatic carbocycles. The molecule has 142 valence electrons. The molecule has 0 aliphatic rings. The number of amides is 1. The first-order chi connectivity index (χ1) is 13.6. The first-order valence-corrected chi connectivity index (χ1v) is 10.2. The van der Waals surface area contributed by atoms with Crippen LogP contribution in [0.4, 0.5) is 5.69 Å². The molecule has 3 aromatic rings. The molecule has 1 amide bonds. The van der Waals surface area contributed by atoms with Gasteiger partial charge in [-0.1, -0.05) is 43.3 Å². The Labute approximate surface area is 169 Å². The van der Waals surface area contributed by atoms with Gasteiger partial charge in [-0.15, -0.1) is 11.3 Å². The highest BCUT2D eigenvalue weighted by atomic mass is 32.1. The van der Waals surface area contributed by atoms with Crippen molar-refractivity contribution in [1.82, 2.24) is 5.32 Å². The second-order valence-electron chi connectivity index (χ2n) is 6.61. The van der Waals surface area contributed by atoms with Gasteiger partial charge in [-0.2, -0.15) is 5.26 Å². The van der Waals surface area contributed by atoms with E-state index in [1.807, 2.05) is 18.4 Å². The van der Waals surface area contributed by atoms with Crippen molar-refractivity contribution in [1.29, 1.82) is 5.26 Å². The van der Waals surface area contributed by atoms with Gasteiger partial charge in [0, 0.05) is 10.6 Å². The molecule has 0 bridgehead atoms. The smallest absolute Gasteiger partial charge is 0.241 e. The molecule has 0 unspecified atom stereocenters. The van der Waals surface area contributed by atoms with Crippen molar-refractivity contribution in [3.63, 3.8) is 0 Å². The van der Waals surface area contributed by atoms with Crippen LogP contribution < -0.4 is 10.6 Å². The molecule has 0 radical (unpaired) electrons. The third kappa shape index (κ3) is 4.86. The summed E-state index contributed by atoms with van der Waals surface area (Å²) in [6.07, 6.45) is 0.998. The minimum atomic E-state index is -0.413. The molecule has 3 rings (SSSR count). The quantitative estimate of drug-likeness (QED) is 0.605. The number of aryl methyl sites for hydroxylation is 1. The maximum absolute atomic E-state index is 12.7. The third-order valence-electron chi connectivity index (χ3n) is 4.62. The van der Waals surface area contributed by atoms with Crippen molar-refractivity contribution in [2.45, 2.75) is 32.4 Å². The summed E-state index contributed by atoms with van der Waals surface area (Å²) < 4.78 is 0. The van der Waals surface area contributed by atoms with Crippen molar-refractivity contribution in [2.24, 2.45) is 0 Å². The highest BCUT2D eigenvalue weighted by Gasteiger charge is 2.21. The van der Waals surface area contributed by atoms with Crippen LogP contribution in [-0.2, 0) is 11.2 Å². The predicted octanol–water partition coefficient (Wildman–Crippen LogP) is 4.89. The van der Waals surface area contributed by atoms with Crippen LogP contribution in [-0.4, -0.2) is 11.9 Å². The first kappa shape index (κ1) is 19.8. The van der Waals surface area contributed by atoms with E-state index in [-0.39, 0.29) is 11.9 Å². The Kier molecular flexibility index (Phi) is 6.59. The summed E-state index contributed by atoms with van der Waals surface area (Å²) >= 11 is 1.67. The predicted molar refractivity (Wildman–Crippen MR) is 114 cm³/mol. The molecule has 0 saturated heterocycles. The molecule has 4 nitrogen and oxygen atoms in total. The molecule has 2 N–H and O–H groups in total. The third-order valence-corrected chi connectivity index (χ3v) is 5.56. The summed E-state index contributed by atoms with van der Waals surface area (Å²) in [7, 11) is 0. The Morgan fingerprint density at radius 1 is 1.14 bits per heavy atom. The molecular weight excluding hydrogens is 366 g/mol. The fraction of sp³-hybridized carbons (Fsp3) is 0.217. The van der Waals surface area contributed by atoms with Crippen molar-refractivity contribution in [2.75, 3.05) is 5.32 Å². The number of anilines is 1. The first-order valence-electron chi connectivity index (χ1n) is 9.30. The molecule has 0 fully saturated rings. The van der Waals surface area contributed by atoms with E-state index in [9.17, 15) is 4.79 Å². The fourth-order valence-electron chi connectivity index (χ4n) is 2.99. The van der Waals surface area contributed by atoms with Crippen LogP contribution in [0.5, 0.6) is 0 Å². The van der Waals surface area contributed by atoms with E-state index in [0.29, 0.717) is 11.3 Å². The van der Waals surface area contributed by atoms with Gasteiger partial charge in [0.25, 0.3) is 0 Å². The number of hydrogen-bond acceptors (Lipinski definition) is 4. The number of rotatable bonds is 7. The number of benzene rings is 2. The van der Waals surface area contributed by atoms with Gasteiger partial charge in [-0.05, 0) is 54.1 Å². The zero-order valence-corrected chi connectivity index (χ0v) is 16.8. The van der Waals surface area contributed by atoms with Crippen molar-refractivity contribution < 1.29 is 4.79 Å². The Hall–Kier alpha value is -2.94. The number of carbonyl (C=O) groups excluding carboxylic acids is 1. The molecule has 5 heteroatoms. The summed E-state index contributed by atoms with van der Waals surface area (Å²) in [5, 5.41) is 17.4. The normalized spacial score (nSPS) is 12.8. The minimum absolute atomic E-state index is 0.0582. The van der Waals surface area contributed by atoms with E-state index in [4.69, 9.17) is 5.26 Å². The van der Waals surface area contributed by atoms with Gasteiger partial charge in [0.15, 0.2) is 0 Å². The van der Waals surface area contributed by atoms with Crippen molar-refractivity contribution in [3.05, 3.63) is 87.6 Å². The molecule has 28 heavy (non-hydrogen) atoms. The topological polar surface area (TPSA) is 64.9 Å². The standard InChI is InChI=1S/C23H23N3OS/c1-3-17-9-11-19(12-10-17)22(21-8-5-13-28-21)25-16(2)23(27)26-20-7-4-6-18(14-20)15-24/h4-14,16,22,25H,3H2,1-2H3,(H,26,27)/t16-,22+/m0/s1. The molecular formula is C23H23N3OS.